The maximum Gasteiger partial charge on any atom is 0.253 e. The van der Waals surface area contributed by atoms with Crippen LogP contribution in [0.2, 0.25) is 5.02 Å². The molecule has 1 aromatic carbocycles. The van der Waals surface area contributed by atoms with E-state index >= 15 is 0 Å². The van der Waals surface area contributed by atoms with Crippen LogP contribution >= 0.6 is 38.9 Å². The first-order valence-corrected chi connectivity index (χ1v) is 7.02. The van der Waals surface area contributed by atoms with E-state index in [1.54, 1.807) is 29.5 Å². The minimum atomic E-state index is -0.164. The van der Waals surface area contributed by atoms with Crippen molar-refractivity contribution < 1.29 is 4.79 Å². The predicted octanol–water partition coefficient (Wildman–Crippen LogP) is 4.09. The lowest BCUT2D eigenvalue weighted by Crippen LogP contribution is -2.22. The lowest BCUT2D eigenvalue weighted by Gasteiger charge is -2.06. The molecule has 0 unspecified atom stereocenters. The van der Waals surface area contributed by atoms with Crippen molar-refractivity contribution in [3.05, 3.63) is 55.6 Å². The third-order valence-corrected chi connectivity index (χ3v) is 3.76. The summed E-state index contributed by atoms with van der Waals surface area (Å²) in [7, 11) is 0. The molecule has 2 nitrogen and oxygen atoms in total. The van der Waals surface area contributed by atoms with Gasteiger partial charge in [0.2, 0.25) is 0 Å². The largest absolute Gasteiger partial charge is 0.348 e. The number of rotatable bonds is 3. The molecule has 1 heterocycles. The zero-order valence-corrected chi connectivity index (χ0v) is 11.9. The van der Waals surface area contributed by atoms with Crippen molar-refractivity contribution in [2.45, 2.75) is 6.54 Å². The normalized spacial score (nSPS) is 10.2. The van der Waals surface area contributed by atoms with Crippen LogP contribution in [0.1, 0.15) is 15.9 Å². The standard InChI is InChI=1S/C12H9BrClNOS/c13-9-1-2-11(14)10(5-9)12(16)15-6-8-3-4-17-7-8/h1-5,7H,6H2,(H,15,16). The molecule has 5 heteroatoms. The van der Waals surface area contributed by atoms with Gasteiger partial charge in [0, 0.05) is 11.0 Å². The summed E-state index contributed by atoms with van der Waals surface area (Å²) in [5, 5.41) is 7.27. The van der Waals surface area contributed by atoms with Gasteiger partial charge in [-0.1, -0.05) is 27.5 Å². The molecule has 0 fully saturated rings. The maximum atomic E-state index is 11.9. The average Bonchev–Trinajstić information content (AvgIpc) is 2.82. The fraction of sp³-hybridized carbons (Fsp3) is 0.0833. The van der Waals surface area contributed by atoms with E-state index in [9.17, 15) is 4.79 Å². The number of benzene rings is 1. The number of thiophene rings is 1. The van der Waals surface area contributed by atoms with E-state index in [2.05, 4.69) is 21.2 Å². The molecule has 0 saturated heterocycles. The Bertz CT molecular complexity index is 527. The molecule has 0 bridgehead atoms. The third-order valence-electron chi connectivity index (χ3n) is 2.21. The first kappa shape index (κ1) is 12.6. The summed E-state index contributed by atoms with van der Waals surface area (Å²) in [6.45, 7) is 0.519. The summed E-state index contributed by atoms with van der Waals surface area (Å²) in [6, 6.07) is 7.20. The molecule has 0 aliphatic rings. The van der Waals surface area contributed by atoms with Crippen LogP contribution in [0.25, 0.3) is 0 Å². The molecule has 1 amide bonds. The molecule has 0 saturated carbocycles. The van der Waals surface area contributed by atoms with Gasteiger partial charge in [0.1, 0.15) is 0 Å². The number of nitrogens with one attached hydrogen (secondary N) is 1. The van der Waals surface area contributed by atoms with E-state index in [0.29, 0.717) is 17.1 Å². The lowest BCUT2D eigenvalue weighted by molar-refractivity contribution is 0.0951. The number of hydrogen-bond acceptors (Lipinski definition) is 2. The minimum absolute atomic E-state index is 0.164. The van der Waals surface area contributed by atoms with Crippen LogP contribution in [0.5, 0.6) is 0 Å². The number of hydrogen-bond donors (Lipinski definition) is 1. The zero-order valence-electron chi connectivity index (χ0n) is 8.74. The van der Waals surface area contributed by atoms with Gasteiger partial charge in [0.15, 0.2) is 0 Å². The summed E-state index contributed by atoms with van der Waals surface area (Å²) in [6.07, 6.45) is 0. The first-order valence-electron chi connectivity index (χ1n) is 4.91. The van der Waals surface area contributed by atoms with Gasteiger partial charge >= 0.3 is 0 Å². The van der Waals surface area contributed by atoms with E-state index < -0.39 is 0 Å². The molecule has 88 valence electrons. The van der Waals surface area contributed by atoms with Crippen LogP contribution in [0.15, 0.2) is 39.5 Å². The second-order valence-electron chi connectivity index (χ2n) is 3.44. The molecule has 0 spiro atoms. The summed E-state index contributed by atoms with van der Waals surface area (Å²) >= 11 is 10.9. The Morgan fingerprint density at radius 1 is 1.41 bits per heavy atom. The highest BCUT2D eigenvalue weighted by atomic mass is 79.9. The molecule has 0 radical (unpaired) electrons. The fourth-order valence-electron chi connectivity index (χ4n) is 1.34. The number of amides is 1. The highest BCUT2D eigenvalue weighted by Gasteiger charge is 2.10. The van der Waals surface area contributed by atoms with E-state index in [-0.39, 0.29) is 5.91 Å². The molecule has 0 atom stereocenters. The molecule has 2 rings (SSSR count). The lowest BCUT2D eigenvalue weighted by atomic mass is 10.2. The van der Waals surface area contributed by atoms with Gasteiger partial charge in [-0.15, -0.1) is 0 Å². The Labute approximate surface area is 117 Å². The number of carbonyl (C=O) groups excluding carboxylic acids is 1. The van der Waals surface area contributed by atoms with Crippen molar-refractivity contribution in [1.82, 2.24) is 5.32 Å². The van der Waals surface area contributed by atoms with Crippen molar-refractivity contribution in [1.29, 1.82) is 0 Å². The van der Waals surface area contributed by atoms with Gasteiger partial charge in [-0.3, -0.25) is 4.79 Å². The Morgan fingerprint density at radius 3 is 2.94 bits per heavy atom. The molecule has 17 heavy (non-hydrogen) atoms. The monoisotopic (exact) mass is 329 g/mol. The van der Waals surface area contributed by atoms with Crippen LogP contribution in [0, 0.1) is 0 Å². The van der Waals surface area contributed by atoms with Gasteiger partial charge in [-0.25, -0.2) is 0 Å². The smallest absolute Gasteiger partial charge is 0.253 e. The quantitative estimate of drug-likeness (QED) is 0.902. The van der Waals surface area contributed by atoms with Crippen LogP contribution in [-0.4, -0.2) is 5.91 Å². The highest BCUT2D eigenvalue weighted by Crippen LogP contribution is 2.21. The Hall–Kier alpha value is -0.840. The average molecular weight is 331 g/mol. The van der Waals surface area contributed by atoms with Crippen molar-refractivity contribution in [2.75, 3.05) is 0 Å². The summed E-state index contributed by atoms with van der Waals surface area (Å²) in [5.74, 6) is -0.164. The van der Waals surface area contributed by atoms with Crippen LogP contribution in [0.3, 0.4) is 0 Å². The van der Waals surface area contributed by atoms with Gasteiger partial charge in [-0.2, -0.15) is 11.3 Å². The second-order valence-corrected chi connectivity index (χ2v) is 5.54. The van der Waals surface area contributed by atoms with Gasteiger partial charge in [0.25, 0.3) is 5.91 Å². The Kier molecular flexibility index (Phi) is 4.20. The topological polar surface area (TPSA) is 29.1 Å². The maximum absolute atomic E-state index is 11.9. The number of carbonyl (C=O) groups is 1. The number of halogens is 2. The van der Waals surface area contributed by atoms with Crippen molar-refractivity contribution in [3.8, 4) is 0 Å². The Morgan fingerprint density at radius 2 is 2.24 bits per heavy atom. The van der Waals surface area contributed by atoms with Crippen LogP contribution in [-0.2, 0) is 6.54 Å². The van der Waals surface area contributed by atoms with E-state index in [0.717, 1.165) is 10.0 Å². The predicted molar refractivity (Wildman–Crippen MR) is 74.6 cm³/mol. The van der Waals surface area contributed by atoms with Gasteiger partial charge < -0.3 is 5.32 Å². The molecule has 1 aromatic heterocycles. The Balaban J connectivity index is 2.07. The summed E-state index contributed by atoms with van der Waals surface area (Å²) < 4.78 is 0.836. The zero-order chi connectivity index (χ0) is 12.3. The van der Waals surface area contributed by atoms with E-state index in [1.807, 2.05) is 16.8 Å². The van der Waals surface area contributed by atoms with E-state index in [4.69, 9.17) is 11.6 Å². The molecular formula is C12H9BrClNOS. The molecule has 0 aliphatic carbocycles. The van der Waals surface area contributed by atoms with E-state index in [1.165, 1.54) is 0 Å². The van der Waals surface area contributed by atoms with Crippen molar-refractivity contribution >= 4 is 44.8 Å². The van der Waals surface area contributed by atoms with Gasteiger partial charge in [0.05, 0.1) is 10.6 Å². The molecular weight excluding hydrogens is 322 g/mol. The van der Waals surface area contributed by atoms with Crippen LogP contribution < -0.4 is 5.32 Å². The first-order chi connectivity index (χ1) is 8.16. The van der Waals surface area contributed by atoms with Crippen molar-refractivity contribution in [2.24, 2.45) is 0 Å². The highest BCUT2D eigenvalue weighted by molar-refractivity contribution is 9.10. The van der Waals surface area contributed by atoms with Crippen LogP contribution in [0.4, 0.5) is 0 Å². The van der Waals surface area contributed by atoms with Gasteiger partial charge in [-0.05, 0) is 40.6 Å². The SMILES string of the molecule is O=C(NCc1ccsc1)c1cc(Br)ccc1Cl. The molecule has 2 aromatic rings. The summed E-state index contributed by atoms with van der Waals surface area (Å²) in [5.41, 5.74) is 1.57. The fourth-order valence-corrected chi connectivity index (χ4v) is 2.58. The van der Waals surface area contributed by atoms with Crippen molar-refractivity contribution in [3.63, 3.8) is 0 Å². The molecule has 0 aliphatic heterocycles. The third kappa shape index (κ3) is 3.31. The minimum Gasteiger partial charge on any atom is -0.348 e. The second kappa shape index (κ2) is 5.67. The molecule has 1 N–H and O–H groups in total. The summed E-state index contributed by atoms with van der Waals surface area (Å²) in [4.78, 5) is 11.9.